The number of hydrogen-bond acceptors (Lipinski definition) is 5. The lowest BCUT2D eigenvalue weighted by Crippen LogP contribution is -2.41. The summed E-state index contributed by atoms with van der Waals surface area (Å²) in [6.07, 6.45) is 4.89. The van der Waals surface area contributed by atoms with Crippen LogP contribution < -0.4 is 0 Å². The molecule has 27 heavy (non-hydrogen) atoms. The molecule has 0 unspecified atom stereocenters. The first-order chi connectivity index (χ1) is 12.7. The Morgan fingerprint density at radius 2 is 2.04 bits per heavy atom. The molecule has 1 aliphatic carbocycles. The summed E-state index contributed by atoms with van der Waals surface area (Å²) >= 11 is 0. The number of ether oxygens (including phenoxy) is 2. The summed E-state index contributed by atoms with van der Waals surface area (Å²) in [5.74, 6) is -1.25. The van der Waals surface area contributed by atoms with Crippen molar-refractivity contribution in [1.82, 2.24) is 0 Å². The molecule has 0 amide bonds. The third-order valence-corrected chi connectivity index (χ3v) is 5.67. The van der Waals surface area contributed by atoms with Crippen LogP contribution >= 0.6 is 0 Å². The fraction of sp³-hybridized carbons (Fsp3) is 0.636. The Morgan fingerprint density at radius 3 is 2.70 bits per heavy atom. The van der Waals surface area contributed by atoms with Crippen LogP contribution in [-0.2, 0) is 19.1 Å². The Kier molecular flexibility index (Phi) is 7.42. The van der Waals surface area contributed by atoms with Gasteiger partial charge in [-0.3, -0.25) is 4.79 Å². The van der Waals surface area contributed by atoms with Gasteiger partial charge in [0.15, 0.2) is 0 Å². The standard InChI is InChI=1S/C22H32O5/c1-13-8-6-10-14(2)19(24)12-18-16(4)22(25)27-21(18)20(26-17(5)23)15(3)11-7-9-13/h8,15,18-21,24H,2,4,6-7,9-12H2,1,3,5H3/b13-8+/t15-,18-,19-,20+,21+/m0/s1. The molecular weight excluding hydrogens is 344 g/mol. The van der Waals surface area contributed by atoms with Gasteiger partial charge in [0, 0.05) is 18.4 Å². The van der Waals surface area contributed by atoms with Crippen LogP contribution in [0.2, 0.25) is 0 Å². The highest BCUT2D eigenvalue weighted by atomic mass is 16.6. The fourth-order valence-corrected chi connectivity index (χ4v) is 3.95. The minimum atomic E-state index is -0.756. The highest BCUT2D eigenvalue weighted by Crippen LogP contribution is 2.38. The van der Waals surface area contributed by atoms with Crippen molar-refractivity contribution in [2.45, 2.75) is 77.6 Å². The van der Waals surface area contributed by atoms with Gasteiger partial charge >= 0.3 is 11.9 Å². The first-order valence-electron chi connectivity index (χ1n) is 9.79. The molecule has 1 heterocycles. The second kappa shape index (κ2) is 9.36. The van der Waals surface area contributed by atoms with Crippen LogP contribution in [0.15, 0.2) is 36.0 Å². The van der Waals surface area contributed by atoms with Crippen molar-refractivity contribution in [3.63, 3.8) is 0 Å². The molecule has 5 heteroatoms. The van der Waals surface area contributed by atoms with E-state index in [1.54, 1.807) is 0 Å². The lowest BCUT2D eigenvalue weighted by Gasteiger charge is -2.32. The number of rotatable bonds is 1. The number of allylic oxidation sites excluding steroid dienone is 2. The zero-order valence-corrected chi connectivity index (χ0v) is 16.7. The maximum absolute atomic E-state index is 12.2. The molecule has 0 saturated carbocycles. The molecule has 0 bridgehead atoms. The normalized spacial score (nSPS) is 35.5. The lowest BCUT2D eigenvalue weighted by atomic mass is 9.81. The van der Waals surface area contributed by atoms with Crippen LogP contribution in [0, 0.1) is 11.8 Å². The number of hydrogen-bond donors (Lipinski definition) is 1. The predicted octanol–water partition coefficient (Wildman–Crippen LogP) is 3.87. The van der Waals surface area contributed by atoms with E-state index >= 15 is 0 Å². The van der Waals surface area contributed by atoms with Crippen molar-refractivity contribution in [2.75, 3.05) is 0 Å². The van der Waals surface area contributed by atoms with E-state index in [0.717, 1.165) is 31.3 Å². The molecule has 5 nitrogen and oxygen atoms in total. The Morgan fingerprint density at radius 1 is 1.33 bits per heavy atom. The van der Waals surface area contributed by atoms with Crippen molar-refractivity contribution >= 4 is 11.9 Å². The average molecular weight is 376 g/mol. The zero-order chi connectivity index (χ0) is 20.1. The summed E-state index contributed by atoms with van der Waals surface area (Å²) in [6, 6.07) is 0. The Balaban J connectivity index is 2.33. The maximum atomic E-state index is 12.2. The predicted molar refractivity (Wildman–Crippen MR) is 104 cm³/mol. The van der Waals surface area contributed by atoms with Gasteiger partial charge in [0.2, 0.25) is 0 Å². The SMILES string of the molecule is C=C1CC/C=C(\C)CCC[C@H](C)[C@@H](OC(C)=O)[C@@H]2OC(=O)C(=C)[C@@H]2C[C@@H]1O. The number of aliphatic hydroxyl groups excluding tert-OH is 1. The summed E-state index contributed by atoms with van der Waals surface area (Å²) in [4.78, 5) is 23.9. The van der Waals surface area contributed by atoms with Gasteiger partial charge < -0.3 is 14.6 Å². The minimum Gasteiger partial charge on any atom is -0.458 e. The summed E-state index contributed by atoms with van der Waals surface area (Å²) in [7, 11) is 0. The summed E-state index contributed by atoms with van der Waals surface area (Å²) in [5, 5.41) is 10.6. The van der Waals surface area contributed by atoms with Crippen LogP contribution in [0.4, 0.5) is 0 Å². The van der Waals surface area contributed by atoms with Gasteiger partial charge in [0.1, 0.15) is 12.2 Å². The first-order valence-corrected chi connectivity index (χ1v) is 9.79. The molecule has 1 aliphatic heterocycles. The van der Waals surface area contributed by atoms with Gasteiger partial charge in [-0.1, -0.05) is 31.7 Å². The molecule has 150 valence electrons. The van der Waals surface area contributed by atoms with Crippen molar-refractivity contribution in [3.8, 4) is 0 Å². The van der Waals surface area contributed by atoms with E-state index in [9.17, 15) is 14.7 Å². The Bertz CT molecular complexity index is 633. The molecule has 0 aromatic carbocycles. The molecule has 0 radical (unpaired) electrons. The van der Waals surface area contributed by atoms with E-state index in [0.29, 0.717) is 18.4 Å². The average Bonchev–Trinajstić information content (AvgIpc) is 2.86. The maximum Gasteiger partial charge on any atom is 0.334 e. The van der Waals surface area contributed by atoms with Crippen molar-refractivity contribution < 1.29 is 24.2 Å². The van der Waals surface area contributed by atoms with Crippen LogP contribution in [0.5, 0.6) is 0 Å². The molecule has 0 aromatic rings. The number of esters is 2. The summed E-state index contributed by atoms with van der Waals surface area (Å²) in [5.41, 5.74) is 2.38. The van der Waals surface area contributed by atoms with Crippen molar-refractivity contribution in [3.05, 3.63) is 36.0 Å². The molecule has 2 rings (SSSR count). The second-order valence-corrected chi connectivity index (χ2v) is 7.94. The first kappa shape index (κ1) is 21.4. The quantitative estimate of drug-likeness (QED) is 0.427. The van der Waals surface area contributed by atoms with Crippen LogP contribution in [-0.4, -0.2) is 35.4 Å². The van der Waals surface area contributed by atoms with Crippen LogP contribution in [0.1, 0.15) is 59.3 Å². The fourth-order valence-electron chi connectivity index (χ4n) is 3.95. The van der Waals surface area contributed by atoms with Gasteiger partial charge in [-0.25, -0.2) is 4.79 Å². The zero-order valence-electron chi connectivity index (χ0n) is 16.7. The van der Waals surface area contributed by atoms with Gasteiger partial charge in [0.25, 0.3) is 0 Å². The largest absolute Gasteiger partial charge is 0.458 e. The van der Waals surface area contributed by atoms with E-state index < -0.39 is 36.2 Å². The summed E-state index contributed by atoms with van der Waals surface area (Å²) in [6.45, 7) is 13.4. The molecule has 0 spiro atoms. The van der Waals surface area contributed by atoms with E-state index in [4.69, 9.17) is 9.47 Å². The van der Waals surface area contributed by atoms with Gasteiger partial charge in [-0.05, 0) is 56.9 Å². The molecule has 0 aromatic heterocycles. The van der Waals surface area contributed by atoms with Gasteiger partial charge in [-0.15, -0.1) is 0 Å². The topological polar surface area (TPSA) is 72.8 Å². The van der Waals surface area contributed by atoms with E-state index in [1.165, 1.54) is 12.5 Å². The second-order valence-electron chi connectivity index (χ2n) is 7.94. The number of fused-ring (bicyclic) bond motifs is 1. The van der Waals surface area contributed by atoms with Crippen molar-refractivity contribution in [2.24, 2.45) is 11.8 Å². The van der Waals surface area contributed by atoms with E-state index in [2.05, 4.69) is 26.2 Å². The van der Waals surface area contributed by atoms with E-state index in [-0.39, 0.29) is 5.92 Å². The van der Waals surface area contributed by atoms with Crippen LogP contribution in [0.3, 0.4) is 0 Å². The number of carbonyl (C=O) groups excluding carboxylic acids is 2. The monoisotopic (exact) mass is 376 g/mol. The smallest absolute Gasteiger partial charge is 0.334 e. The Hall–Kier alpha value is -1.88. The highest BCUT2D eigenvalue weighted by Gasteiger charge is 2.47. The van der Waals surface area contributed by atoms with Gasteiger partial charge in [0.05, 0.1) is 6.10 Å². The Labute approximate surface area is 162 Å². The van der Waals surface area contributed by atoms with E-state index in [1.807, 2.05) is 6.92 Å². The lowest BCUT2D eigenvalue weighted by molar-refractivity contribution is -0.165. The minimum absolute atomic E-state index is 0.0242. The molecule has 1 saturated heterocycles. The van der Waals surface area contributed by atoms with Crippen LogP contribution in [0.25, 0.3) is 0 Å². The van der Waals surface area contributed by atoms with Gasteiger partial charge in [-0.2, -0.15) is 0 Å². The number of carbonyl (C=O) groups is 2. The van der Waals surface area contributed by atoms with Crippen molar-refractivity contribution in [1.29, 1.82) is 0 Å². The molecule has 1 N–H and O–H groups in total. The molecule has 2 aliphatic rings. The molecular formula is C22H32O5. The third-order valence-electron chi connectivity index (χ3n) is 5.67. The third kappa shape index (κ3) is 5.55. The molecule has 1 fully saturated rings. The highest BCUT2D eigenvalue weighted by molar-refractivity contribution is 5.91. The summed E-state index contributed by atoms with van der Waals surface area (Å²) < 4.78 is 11.1. The molecule has 5 atom stereocenters. The number of aliphatic hydroxyl groups is 1.